The number of benzene rings is 2. The lowest BCUT2D eigenvalue weighted by Crippen LogP contribution is -2.50. The van der Waals surface area contributed by atoms with Crippen LogP contribution in [-0.4, -0.2) is 74.6 Å². The van der Waals surface area contributed by atoms with Gasteiger partial charge in [0.2, 0.25) is 0 Å². The second-order valence-electron chi connectivity index (χ2n) is 7.85. The van der Waals surface area contributed by atoms with Crippen molar-refractivity contribution in [2.24, 2.45) is 0 Å². The fourth-order valence-corrected chi connectivity index (χ4v) is 3.67. The number of aliphatic hydroxyl groups is 1. The van der Waals surface area contributed by atoms with Gasteiger partial charge < -0.3 is 29.5 Å². The number of nitrogens with zero attached hydrogens (tertiary/aromatic N) is 1. The van der Waals surface area contributed by atoms with E-state index in [4.69, 9.17) is 14.2 Å². The maximum Gasteiger partial charge on any atom is 0.321 e. The van der Waals surface area contributed by atoms with Gasteiger partial charge in [-0.1, -0.05) is 12.1 Å². The SMILES string of the molecule is COc1ccc(C(=O)NC(=O)NC2CCN(CC(O)COc3ccccc3OC)CC2)cc1. The zero-order valence-electron chi connectivity index (χ0n) is 19.0. The van der Waals surface area contributed by atoms with Crippen LogP contribution in [0.1, 0.15) is 23.2 Å². The van der Waals surface area contributed by atoms with Crippen molar-refractivity contribution in [1.82, 2.24) is 15.5 Å². The Bertz CT molecular complexity index is 913. The summed E-state index contributed by atoms with van der Waals surface area (Å²) >= 11 is 0. The van der Waals surface area contributed by atoms with Gasteiger partial charge in [0.05, 0.1) is 14.2 Å². The van der Waals surface area contributed by atoms with Crippen molar-refractivity contribution < 1.29 is 28.9 Å². The predicted molar refractivity (Wildman–Crippen MR) is 123 cm³/mol. The number of urea groups is 1. The molecule has 3 N–H and O–H groups in total. The van der Waals surface area contributed by atoms with Crippen molar-refractivity contribution in [3.63, 3.8) is 0 Å². The van der Waals surface area contributed by atoms with E-state index in [2.05, 4.69) is 15.5 Å². The van der Waals surface area contributed by atoms with Crippen LogP contribution >= 0.6 is 0 Å². The minimum absolute atomic E-state index is 0.0353. The van der Waals surface area contributed by atoms with Gasteiger partial charge in [0, 0.05) is 31.2 Å². The number of piperidine rings is 1. The van der Waals surface area contributed by atoms with Gasteiger partial charge in [-0.25, -0.2) is 4.79 Å². The molecule has 3 rings (SSSR count). The summed E-state index contributed by atoms with van der Waals surface area (Å²) in [6.07, 6.45) is 0.805. The van der Waals surface area contributed by atoms with Crippen LogP contribution in [0.25, 0.3) is 0 Å². The molecular weight excluding hydrogens is 426 g/mol. The lowest BCUT2D eigenvalue weighted by atomic mass is 10.0. The summed E-state index contributed by atoms with van der Waals surface area (Å²) in [5.41, 5.74) is 0.380. The van der Waals surface area contributed by atoms with Crippen LogP contribution in [0.3, 0.4) is 0 Å². The van der Waals surface area contributed by atoms with E-state index in [0.717, 1.165) is 25.9 Å². The number of ether oxygens (including phenoxy) is 3. The third-order valence-electron chi connectivity index (χ3n) is 5.47. The summed E-state index contributed by atoms with van der Waals surface area (Å²) < 4.78 is 16.0. The normalized spacial score (nSPS) is 15.4. The molecule has 0 aliphatic carbocycles. The minimum atomic E-state index is -0.648. The van der Waals surface area contributed by atoms with E-state index in [1.807, 2.05) is 12.1 Å². The second kappa shape index (κ2) is 12.1. The lowest BCUT2D eigenvalue weighted by molar-refractivity contribution is 0.0575. The Morgan fingerprint density at radius 1 is 1.03 bits per heavy atom. The van der Waals surface area contributed by atoms with Gasteiger partial charge in [-0.3, -0.25) is 10.1 Å². The number of hydrogen-bond donors (Lipinski definition) is 3. The van der Waals surface area contributed by atoms with E-state index in [9.17, 15) is 14.7 Å². The third kappa shape index (κ3) is 7.37. The number of β-amino-alcohol motifs (C(OH)–C–C–N with tert-alkyl or cyclic N) is 1. The average molecular weight is 458 g/mol. The van der Waals surface area contributed by atoms with Crippen LogP contribution in [0.4, 0.5) is 4.79 Å². The first-order valence-corrected chi connectivity index (χ1v) is 10.9. The summed E-state index contributed by atoms with van der Waals surface area (Å²) in [7, 11) is 3.12. The Morgan fingerprint density at radius 3 is 2.33 bits per heavy atom. The van der Waals surface area contributed by atoms with Gasteiger partial charge in [-0.2, -0.15) is 0 Å². The molecular formula is C24H31N3O6. The van der Waals surface area contributed by atoms with E-state index < -0.39 is 18.0 Å². The van der Waals surface area contributed by atoms with E-state index in [0.29, 0.717) is 29.4 Å². The van der Waals surface area contributed by atoms with Gasteiger partial charge in [0.25, 0.3) is 5.91 Å². The molecule has 9 nitrogen and oxygen atoms in total. The molecule has 1 saturated heterocycles. The lowest BCUT2D eigenvalue weighted by Gasteiger charge is -2.33. The van der Waals surface area contributed by atoms with Crippen LogP contribution in [0, 0.1) is 0 Å². The standard InChI is InChI=1S/C24H31N3O6/c1-31-20-9-7-17(8-10-20)23(29)26-24(30)25-18-11-13-27(14-12-18)15-19(28)16-33-22-6-4-3-5-21(22)32-2/h3-10,18-19,28H,11-16H2,1-2H3,(H2,25,26,29,30). The highest BCUT2D eigenvalue weighted by Gasteiger charge is 2.23. The molecule has 2 aromatic carbocycles. The number of carbonyl (C=O) groups excluding carboxylic acids is 2. The molecule has 1 heterocycles. The van der Waals surface area contributed by atoms with Crippen molar-refractivity contribution in [3.05, 3.63) is 54.1 Å². The monoisotopic (exact) mass is 457 g/mol. The molecule has 0 spiro atoms. The van der Waals surface area contributed by atoms with Crippen LogP contribution in [0.2, 0.25) is 0 Å². The first-order valence-electron chi connectivity index (χ1n) is 10.9. The van der Waals surface area contributed by atoms with Gasteiger partial charge in [0.1, 0.15) is 18.5 Å². The molecule has 33 heavy (non-hydrogen) atoms. The quantitative estimate of drug-likeness (QED) is 0.529. The Hall–Kier alpha value is -3.30. The first kappa shape index (κ1) is 24.3. The van der Waals surface area contributed by atoms with Crippen LogP contribution in [0.15, 0.2) is 48.5 Å². The van der Waals surface area contributed by atoms with E-state index >= 15 is 0 Å². The Balaban J connectivity index is 1.35. The van der Waals surface area contributed by atoms with E-state index in [-0.39, 0.29) is 12.6 Å². The zero-order chi connectivity index (χ0) is 23.6. The molecule has 0 bridgehead atoms. The molecule has 1 fully saturated rings. The number of hydrogen-bond acceptors (Lipinski definition) is 7. The summed E-state index contributed by atoms with van der Waals surface area (Å²) in [5, 5.41) is 15.6. The van der Waals surface area contributed by atoms with Gasteiger partial charge >= 0.3 is 6.03 Å². The number of carbonyl (C=O) groups is 2. The molecule has 0 radical (unpaired) electrons. The zero-order valence-corrected chi connectivity index (χ0v) is 19.0. The molecule has 1 aliphatic rings. The summed E-state index contributed by atoms with van der Waals surface area (Å²) in [6, 6.07) is 13.3. The number of aliphatic hydroxyl groups excluding tert-OH is 1. The minimum Gasteiger partial charge on any atom is -0.497 e. The molecule has 0 saturated carbocycles. The number of imide groups is 1. The number of likely N-dealkylation sites (tertiary alicyclic amines) is 1. The largest absolute Gasteiger partial charge is 0.497 e. The van der Waals surface area contributed by atoms with Gasteiger partial charge in [-0.05, 0) is 49.2 Å². The fourth-order valence-electron chi connectivity index (χ4n) is 3.67. The van der Waals surface area contributed by atoms with Crippen molar-refractivity contribution in [3.8, 4) is 17.2 Å². The maximum atomic E-state index is 12.2. The highest BCUT2D eigenvalue weighted by atomic mass is 16.5. The molecule has 1 aliphatic heterocycles. The van der Waals surface area contributed by atoms with Crippen molar-refractivity contribution in [2.75, 3.05) is 40.5 Å². The van der Waals surface area contributed by atoms with Crippen LogP contribution < -0.4 is 24.8 Å². The van der Waals surface area contributed by atoms with Crippen molar-refractivity contribution in [2.45, 2.75) is 25.0 Å². The van der Waals surface area contributed by atoms with Crippen molar-refractivity contribution >= 4 is 11.9 Å². The van der Waals surface area contributed by atoms with Crippen molar-refractivity contribution in [1.29, 1.82) is 0 Å². The van der Waals surface area contributed by atoms with Crippen LogP contribution in [0.5, 0.6) is 17.2 Å². The summed E-state index contributed by atoms with van der Waals surface area (Å²) in [5.74, 6) is 1.39. The van der Waals surface area contributed by atoms with E-state index in [1.165, 1.54) is 0 Å². The average Bonchev–Trinajstić information content (AvgIpc) is 2.84. The molecule has 178 valence electrons. The Morgan fingerprint density at radius 2 is 1.70 bits per heavy atom. The Kier molecular flexibility index (Phi) is 8.91. The molecule has 2 aromatic rings. The summed E-state index contributed by atoms with van der Waals surface area (Å²) in [6.45, 7) is 2.09. The molecule has 1 atom stereocenters. The third-order valence-corrected chi connectivity index (χ3v) is 5.47. The highest BCUT2D eigenvalue weighted by molar-refractivity contribution is 6.04. The predicted octanol–water partition coefficient (Wildman–Crippen LogP) is 2.05. The maximum absolute atomic E-state index is 12.2. The number of methoxy groups -OCH3 is 2. The smallest absolute Gasteiger partial charge is 0.321 e. The second-order valence-corrected chi connectivity index (χ2v) is 7.85. The van der Waals surface area contributed by atoms with Crippen LogP contribution in [-0.2, 0) is 0 Å². The summed E-state index contributed by atoms with van der Waals surface area (Å²) in [4.78, 5) is 26.5. The molecule has 9 heteroatoms. The van der Waals surface area contributed by atoms with E-state index in [1.54, 1.807) is 50.6 Å². The first-order chi connectivity index (χ1) is 16.0. The number of para-hydroxylation sites is 2. The fraction of sp³-hybridized carbons (Fsp3) is 0.417. The molecule has 3 amide bonds. The van der Waals surface area contributed by atoms with Gasteiger partial charge in [-0.15, -0.1) is 0 Å². The Labute approximate surface area is 193 Å². The van der Waals surface area contributed by atoms with Gasteiger partial charge in [0.15, 0.2) is 11.5 Å². The number of amides is 3. The number of nitrogens with one attached hydrogen (secondary N) is 2. The highest BCUT2D eigenvalue weighted by Crippen LogP contribution is 2.25. The molecule has 0 aromatic heterocycles. The number of rotatable bonds is 9. The molecule has 1 unspecified atom stereocenters. The topological polar surface area (TPSA) is 109 Å².